The van der Waals surface area contributed by atoms with E-state index < -0.39 is 12.2 Å². The second-order valence-corrected chi connectivity index (χ2v) is 8.45. The highest BCUT2D eigenvalue weighted by molar-refractivity contribution is 6.31. The van der Waals surface area contributed by atoms with Crippen molar-refractivity contribution in [3.05, 3.63) is 52.7 Å². The Labute approximate surface area is 179 Å². The Morgan fingerprint density at radius 1 is 1.20 bits per heavy atom. The van der Waals surface area contributed by atoms with Gasteiger partial charge in [0.1, 0.15) is 12.1 Å². The predicted octanol–water partition coefficient (Wildman–Crippen LogP) is 6.84. The maximum absolute atomic E-state index is 13.6. The number of hydrogen-bond donors (Lipinski definition) is 0. The molecule has 2 aromatic rings. The average Bonchev–Trinajstić information content (AvgIpc) is 3.06. The van der Waals surface area contributed by atoms with E-state index in [1.54, 1.807) is 30.4 Å². The Bertz CT molecular complexity index is 1050. The van der Waals surface area contributed by atoms with Crippen LogP contribution in [0.1, 0.15) is 56.3 Å². The lowest BCUT2D eigenvalue weighted by molar-refractivity contribution is -0.169. The van der Waals surface area contributed by atoms with E-state index in [4.69, 9.17) is 11.6 Å². The molecule has 0 amide bonds. The third-order valence-corrected chi connectivity index (χ3v) is 6.44. The van der Waals surface area contributed by atoms with E-state index in [0.717, 1.165) is 37.6 Å². The first kappa shape index (κ1) is 20.9. The summed E-state index contributed by atoms with van der Waals surface area (Å²) < 4.78 is 43.0. The van der Waals surface area contributed by atoms with E-state index in [2.05, 4.69) is 10.6 Å². The van der Waals surface area contributed by atoms with E-state index in [-0.39, 0.29) is 12.6 Å². The minimum absolute atomic E-state index is 0.143. The Morgan fingerprint density at radius 2 is 1.93 bits per heavy atom. The van der Waals surface area contributed by atoms with Gasteiger partial charge in [0.25, 0.3) is 0 Å². The zero-order chi connectivity index (χ0) is 21.5. The van der Waals surface area contributed by atoms with Crippen LogP contribution in [-0.2, 0) is 0 Å². The van der Waals surface area contributed by atoms with Gasteiger partial charge in [0.2, 0.25) is 0 Å². The second kappa shape index (κ2) is 8.03. The van der Waals surface area contributed by atoms with Crippen LogP contribution in [0.25, 0.3) is 16.6 Å². The van der Waals surface area contributed by atoms with Crippen LogP contribution in [0.4, 0.5) is 13.2 Å². The van der Waals surface area contributed by atoms with Crippen LogP contribution in [0.5, 0.6) is 0 Å². The molecule has 0 N–H and O–H groups in total. The zero-order valence-corrected chi connectivity index (χ0v) is 17.5. The van der Waals surface area contributed by atoms with E-state index in [1.807, 2.05) is 6.07 Å². The summed E-state index contributed by atoms with van der Waals surface area (Å²) >= 11 is 6.22. The standard InChI is InChI=1S/C23H23ClF3N3/c1-15(23(25,26)27)29-12-6-5-9-21(29)22-19(14-28)18-13-16(24)10-11-20(18)30(22)17-7-3-2-4-8-17/h5-6,9-11,13,15,17H,2-4,7-8,12H2,1H3/t15-/m0/s1. The SMILES string of the molecule is C[C@H](N1CC=CC=C1c1c(C#N)c2cc(Cl)ccc2n1C1CCCCC1)C(F)(F)F. The lowest BCUT2D eigenvalue weighted by Gasteiger charge is -2.36. The zero-order valence-electron chi connectivity index (χ0n) is 16.7. The van der Waals surface area contributed by atoms with Crippen LogP contribution in [-0.4, -0.2) is 28.2 Å². The van der Waals surface area contributed by atoms with Gasteiger partial charge < -0.3 is 9.47 Å². The molecule has 3 nitrogen and oxygen atoms in total. The van der Waals surface area contributed by atoms with Crippen LogP contribution in [0.2, 0.25) is 5.02 Å². The molecular formula is C23H23ClF3N3. The van der Waals surface area contributed by atoms with Gasteiger partial charge in [-0.15, -0.1) is 0 Å². The Kier molecular flexibility index (Phi) is 5.59. The van der Waals surface area contributed by atoms with E-state index in [0.29, 0.717) is 27.4 Å². The highest BCUT2D eigenvalue weighted by atomic mass is 35.5. The molecule has 0 spiro atoms. The van der Waals surface area contributed by atoms with Gasteiger partial charge in [-0.2, -0.15) is 18.4 Å². The van der Waals surface area contributed by atoms with Crippen molar-refractivity contribution in [2.45, 2.75) is 57.3 Å². The van der Waals surface area contributed by atoms with Crippen molar-refractivity contribution in [2.75, 3.05) is 6.54 Å². The molecule has 0 radical (unpaired) electrons. The molecule has 4 rings (SSSR count). The molecule has 1 aliphatic carbocycles. The summed E-state index contributed by atoms with van der Waals surface area (Å²) in [6.45, 7) is 1.31. The number of fused-ring (bicyclic) bond motifs is 1. The van der Waals surface area contributed by atoms with Crippen LogP contribution in [0, 0.1) is 11.3 Å². The molecule has 0 saturated heterocycles. The first-order valence-corrected chi connectivity index (χ1v) is 10.6. The number of halogens is 4. The topological polar surface area (TPSA) is 32.0 Å². The lowest BCUT2D eigenvalue weighted by atomic mass is 9.94. The molecule has 1 saturated carbocycles. The van der Waals surface area contributed by atoms with Crippen LogP contribution in [0.3, 0.4) is 0 Å². The maximum Gasteiger partial charge on any atom is 0.408 e. The van der Waals surface area contributed by atoms with Crippen molar-refractivity contribution < 1.29 is 13.2 Å². The van der Waals surface area contributed by atoms with Gasteiger partial charge in [-0.3, -0.25) is 0 Å². The number of alkyl halides is 3. The van der Waals surface area contributed by atoms with E-state index >= 15 is 0 Å². The number of nitrogens with zero attached hydrogens (tertiary/aromatic N) is 3. The number of benzene rings is 1. The van der Waals surface area contributed by atoms with Crippen molar-refractivity contribution in [1.29, 1.82) is 5.26 Å². The predicted molar refractivity (Wildman–Crippen MR) is 113 cm³/mol. The quantitative estimate of drug-likeness (QED) is 0.531. The first-order chi connectivity index (χ1) is 14.3. The Morgan fingerprint density at radius 3 is 2.60 bits per heavy atom. The number of nitriles is 1. The van der Waals surface area contributed by atoms with E-state index in [9.17, 15) is 18.4 Å². The molecule has 1 aliphatic heterocycles. The number of rotatable bonds is 3. The molecule has 1 atom stereocenters. The smallest absolute Gasteiger partial charge is 0.354 e. The summed E-state index contributed by atoms with van der Waals surface area (Å²) in [5.41, 5.74) is 2.26. The first-order valence-electron chi connectivity index (χ1n) is 10.3. The van der Waals surface area contributed by atoms with Gasteiger partial charge in [-0.05, 0) is 44.0 Å². The van der Waals surface area contributed by atoms with Crippen LogP contribution in [0.15, 0.2) is 36.4 Å². The summed E-state index contributed by atoms with van der Waals surface area (Å²) in [6.07, 6.45) is 5.99. The fourth-order valence-electron chi connectivity index (χ4n) is 4.66. The summed E-state index contributed by atoms with van der Waals surface area (Å²) in [5, 5.41) is 11.2. The minimum Gasteiger partial charge on any atom is -0.354 e. The monoisotopic (exact) mass is 433 g/mol. The molecular weight excluding hydrogens is 411 g/mol. The van der Waals surface area contributed by atoms with Crippen molar-refractivity contribution in [2.24, 2.45) is 0 Å². The molecule has 1 aromatic carbocycles. The number of hydrogen-bond acceptors (Lipinski definition) is 2. The van der Waals surface area contributed by atoms with Crippen molar-refractivity contribution in [3.63, 3.8) is 0 Å². The van der Waals surface area contributed by atoms with Gasteiger partial charge in [0.05, 0.1) is 22.5 Å². The molecule has 7 heteroatoms. The van der Waals surface area contributed by atoms with Crippen molar-refractivity contribution >= 4 is 28.2 Å². The van der Waals surface area contributed by atoms with Gasteiger partial charge in [-0.1, -0.05) is 43.0 Å². The van der Waals surface area contributed by atoms with Gasteiger partial charge in [0.15, 0.2) is 0 Å². The van der Waals surface area contributed by atoms with Crippen molar-refractivity contribution in [3.8, 4) is 6.07 Å². The molecule has 0 unspecified atom stereocenters. The Balaban J connectivity index is 1.98. The molecule has 1 aromatic heterocycles. The molecule has 30 heavy (non-hydrogen) atoms. The fourth-order valence-corrected chi connectivity index (χ4v) is 4.83. The highest BCUT2D eigenvalue weighted by Crippen LogP contribution is 2.42. The average molecular weight is 434 g/mol. The Hall–Kier alpha value is -2.39. The second-order valence-electron chi connectivity index (χ2n) is 8.01. The number of allylic oxidation sites excluding steroid dienone is 2. The summed E-state index contributed by atoms with van der Waals surface area (Å²) in [7, 11) is 0. The summed E-state index contributed by atoms with van der Waals surface area (Å²) in [5.74, 6) is 0. The highest BCUT2D eigenvalue weighted by Gasteiger charge is 2.42. The molecule has 1 fully saturated rings. The third-order valence-electron chi connectivity index (χ3n) is 6.20. The maximum atomic E-state index is 13.6. The van der Waals surface area contributed by atoms with E-state index in [1.165, 1.54) is 11.8 Å². The fraction of sp³-hybridized carbons (Fsp3) is 0.435. The largest absolute Gasteiger partial charge is 0.408 e. The van der Waals surface area contributed by atoms with Crippen molar-refractivity contribution in [1.82, 2.24) is 9.47 Å². The number of aromatic nitrogens is 1. The summed E-state index contributed by atoms with van der Waals surface area (Å²) in [4.78, 5) is 1.34. The van der Waals surface area contributed by atoms with Gasteiger partial charge >= 0.3 is 6.18 Å². The minimum atomic E-state index is -4.37. The molecule has 2 aliphatic rings. The molecule has 0 bridgehead atoms. The molecule has 158 valence electrons. The van der Waals surface area contributed by atoms with Gasteiger partial charge in [-0.25, -0.2) is 0 Å². The van der Waals surface area contributed by atoms with Crippen LogP contribution < -0.4 is 0 Å². The lowest BCUT2D eigenvalue weighted by Crippen LogP contribution is -2.43. The normalized spacial score (nSPS) is 19.1. The van der Waals surface area contributed by atoms with Crippen LogP contribution >= 0.6 is 11.6 Å². The summed E-state index contributed by atoms with van der Waals surface area (Å²) in [6, 6.07) is 6.16. The third kappa shape index (κ3) is 3.60. The van der Waals surface area contributed by atoms with Gasteiger partial charge in [0, 0.05) is 23.0 Å². The molecule has 2 heterocycles.